The quantitative estimate of drug-likeness (QED) is 0.165. The summed E-state index contributed by atoms with van der Waals surface area (Å²) in [5.74, 6) is 0. The lowest BCUT2D eigenvalue weighted by atomic mass is 9.33. The zero-order valence-electron chi connectivity index (χ0n) is 48.8. The number of aromatic nitrogens is 1. The standard InChI is InChI=1S/C74H71BN4O2/c1-69(2,3)44-29-33-55-51(39-44)71(7)35-15-17-37-73(71,9)78(55)46-31-32-53-58(41-46)76(57-25-20-28-63-64(57)48-21-11-13-26-61(48)80-63)59-42-47(79-56-34-30-45(70(4,5)6)40-52(56)72(8)36-16-18-38-74(72,79)10)43-60-65(59)75(53)54-24-19-23-50-66(54)77(60)67-49-22-12-14-27-62(49)81-68(50)67/h11-14,19-34,39-43H,15-18,35-38H2,1-10H3. The Hall–Kier alpha value is -7.64. The summed E-state index contributed by atoms with van der Waals surface area (Å²) in [7, 11) is 0. The Kier molecular flexibility index (Phi) is 9.31. The zero-order valence-corrected chi connectivity index (χ0v) is 48.8. The first-order chi connectivity index (χ1) is 38.9. The second-order valence-corrected chi connectivity index (χ2v) is 28.3. The lowest BCUT2D eigenvalue weighted by molar-refractivity contribution is 0.195. The third kappa shape index (κ3) is 5.95. The average molecular weight is 1060 g/mol. The molecule has 0 radical (unpaired) electrons. The molecule has 6 aliphatic rings. The van der Waals surface area contributed by atoms with E-state index in [9.17, 15) is 0 Å². The normalized spacial score (nSPS) is 23.6. The lowest BCUT2D eigenvalue weighted by Crippen LogP contribution is -2.61. The van der Waals surface area contributed by atoms with Crippen LogP contribution in [0.2, 0.25) is 0 Å². The number of benzene rings is 8. The van der Waals surface area contributed by atoms with Crippen LogP contribution in [0.4, 0.5) is 39.8 Å². The van der Waals surface area contributed by atoms with Gasteiger partial charge in [-0.2, -0.15) is 0 Å². The van der Waals surface area contributed by atoms with Gasteiger partial charge >= 0.3 is 0 Å². The average Bonchev–Trinajstić information content (AvgIpc) is 1.93. The van der Waals surface area contributed by atoms with Crippen molar-refractivity contribution >= 4 is 118 Å². The Morgan fingerprint density at radius 3 is 1.65 bits per heavy atom. The summed E-state index contributed by atoms with van der Waals surface area (Å²) in [5.41, 5.74) is 25.3. The summed E-state index contributed by atoms with van der Waals surface area (Å²) in [6.45, 7) is 24.5. The molecule has 7 heteroatoms. The van der Waals surface area contributed by atoms with Crippen molar-refractivity contribution in [2.45, 2.75) is 153 Å². The van der Waals surface area contributed by atoms with Gasteiger partial charge in [0.2, 0.25) is 0 Å². The molecule has 8 aromatic carbocycles. The van der Waals surface area contributed by atoms with Gasteiger partial charge in [0.05, 0.1) is 27.7 Å². The number of anilines is 7. The molecule has 2 saturated carbocycles. The summed E-state index contributed by atoms with van der Waals surface area (Å²) in [5, 5.41) is 4.55. The molecular formula is C74H71BN4O2. The van der Waals surface area contributed by atoms with Crippen LogP contribution >= 0.6 is 0 Å². The van der Waals surface area contributed by atoms with E-state index < -0.39 is 0 Å². The monoisotopic (exact) mass is 1060 g/mol. The van der Waals surface area contributed by atoms with Crippen molar-refractivity contribution in [1.29, 1.82) is 0 Å². The zero-order chi connectivity index (χ0) is 55.1. The van der Waals surface area contributed by atoms with Gasteiger partial charge in [-0.25, -0.2) is 0 Å². The van der Waals surface area contributed by atoms with Crippen LogP contribution in [0.25, 0.3) is 60.6 Å². The Labute approximate surface area is 476 Å². The van der Waals surface area contributed by atoms with Crippen molar-refractivity contribution in [2.24, 2.45) is 0 Å². The summed E-state index contributed by atoms with van der Waals surface area (Å²) < 4.78 is 16.5. The predicted octanol–water partition coefficient (Wildman–Crippen LogP) is 18.1. The number of hydrogen-bond donors (Lipinski definition) is 0. The molecule has 2 aliphatic carbocycles. The van der Waals surface area contributed by atoms with Gasteiger partial charge in [0.25, 0.3) is 6.71 Å². The van der Waals surface area contributed by atoms with Crippen molar-refractivity contribution in [3.05, 3.63) is 174 Å². The highest BCUT2D eigenvalue weighted by Gasteiger charge is 2.60. The molecule has 4 atom stereocenters. The van der Waals surface area contributed by atoms with Crippen LogP contribution in [0.15, 0.2) is 160 Å². The van der Waals surface area contributed by atoms with E-state index in [2.05, 4.69) is 240 Å². The number of fused-ring (bicyclic) bond motifs is 18. The van der Waals surface area contributed by atoms with E-state index in [4.69, 9.17) is 8.83 Å². The number of nitrogens with zero attached hydrogens (tertiary/aromatic N) is 4. The largest absolute Gasteiger partial charge is 0.456 e. The summed E-state index contributed by atoms with van der Waals surface area (Å²) in [4.78, 5) is 8.30. The van der Waals surface area contributed by atoms with E-state index in [1.165, 1.54) is 116 Å². The molecule has 2 fully saturated rings. The van der Waals surface area contributed by atoms with Gasteiger partial charge in [0.15, 0.2) is 5.58 Å². The second-order valence-electron chi connectivity index (χ2n) is 28.3. The Bertz CT molecular complexity index is 4580. The highest BCUT2D eigenvalue weighted by Crippen LogP contribution is 2.64. The third-order valence-electron chi connectivity index (χ3n) is 22.2. The topological polar surface area (TPSA) is 40.9 Å². The highest BCUT2D eigenvalue weighted by molar-refractivity contribution is 7.00. The molecule has 402 valence electrons. The first-order valence-electron chi connectivity index (χ1n) is 30.3. The highest BCUT2D eigenvalue weighted by atomic mass is 16.3. The van der Waals surface area contributed by atoms with E-state index >= 15 is 0 Å². The molecule has 0 spiro atoms. The van der Waals surface area contributed by atoms with Crippen LogP contribution in [0.3, 0.4) is 0 Å². The first-order valence-corrected chi connectivity index (χ1v) is 30.3. The first kappa shape index (κ1) is 48.1. The molecule has 0 saturated heterocycles. The van der Waals surface area contributed by atoms with E-state index in [-0.39, 0.29) is 39.5 Å². The van der Waals surface area contributed by atoms with Gasteiger partial charge in [-0.3, -0.25) is 0 Å². The Morgan fingerprint density at radius 1 is 0.432 bits per heavy atom. The number of rotatable bonds is 3. The molecule has 7 heterocycles. The van der Waals surface area contributed by atoms with Crippen molar-refractivity contribution < 1.29 is 8.83 Å². The minimum atomic E-state index is -0.190. The maximum Gasteiger partial charge on any atom is 0.252 e. The molecule has 11 aromatic rings. The third-order valence-corrected chi connectivity index (χ3v) is 22.2. The van der Waals surface area contributed by atoms with Gasteiger partial charge in [0, 0.05) is 66.8 Å². The van der Waals surface area contributed by atoms with Gasteiger partial charge in [-0.15, -0.1) is 0 Å². The minimum absolute atomic E-state index is 0.0192. The van der Waals surface area contributed by atoms with Gasteiger partial charge in [-0.05, 0) is 162 Å². The minimum Gasteiger partial charge on any atom is -0.456 e. The number of hydrogen-bond acceptors (Lipinski definition) is 5. The summed E-state index contributed by atoms with van der Waals surface area (Å²) in [6, 6.07) is 58.9. The molecule has 4 unspecified atom stereocenters. The smallest absolute Gasteiger partial charge is 0.252 e. The van der Waals surface area contributed by atoms with Crippen molar-refractivity contribution in [1.82, 2.24) is 4.57 Å². The van der Waals surface area contributed by atoms with Crippen LogP contribution in [0.5, 0.6) is 0 Å². The molecule has 0 bridgehead atoms. The Balaban J connectivity index is 1.01. The molecule has 3 aromatic heterocycles. The van der Waals surface area contributed by atoms with E-state index in [0.29, 0.717) is 0 Å². The van der Waals surface area contributed by atoms with Crippen LogP contribution in [0, 0.1) is 0 Å². The van der Waals surface area contributed by atoms with Crippen LogP contribution < -0.4 is 31.1 Å². The molecule has 6 nitrogen and oxygen atoms in total. The lowest BCUT2D eigenvalue weighted by Gasteiger charge is -2.51. The number of para-hydroxylation sites is 3. The fourth-order valence-electron chi connectivity index (χ4n) is 17.5. The maximum absolute atomic E-state index is 7.05. The number of furan rings is 2. The predicted molar refractivity (Wildman–Crippen MR) is 340 cm³/mol. The van der Waals surface area contributed by atoms with E-state index in [1.807, 2.05) is 0 Å². The molecule has 0 amide bonds. The maximum atomic E-state index is 7.05. The van der Waals surface area contributed by atoms with Gasteiger partial charge in [0.1, 0.15) is 22.3 Å². The van der Waals surface area contributed by atoms with Gasteiger partial charge < -0.3 is 28.1 Å². The Morgan fingerprint density at radius 2 is 0.988 bits per heavy atom. The molecule has 17 rings (SSSR count). The summed E-state index contributed by atoms with van der Waals surface area (Å²) in [6.07, 6.45) is 9.44. The fraction of sp³-hybridized carbons (Fsp3) is 0.324. The summed E-state index contributed by atoms with van der Waals surface area (Å²) >= 11 is 0. The van der Waals surface area contributed by atoms with Crippen LogP contribution in [-0.4, -0.2) is 22.4 Å². The van der Waals surface area contributed by atoms with E-state index in [0.717, 1.165) is 74.3 Å². The molecular weight excluding hydrogens is 988 g/mol. The molecule has 4 aliphatic heterocycles. The van der Waals surface area contributed by atoms with Crippen LogP contribution in [-0.2, 0) is 21.7 Å². The van der Waals surface area contributed by atoms with Crippen molar-refractivity contribution in [2.75, 3.05) is 14.7 Å². The van der Waals surface area contributed by atoms with Gasteiger partial charge in [-0.1, -0.05) is 160 Å². The SMILES string of the molecule is CC(C)(C)c1ccc2c(c1)C1(C)CCCCC1(C)N2c1ccc2c(c1)N(c1cccc3oc4ccccc4c13)c1cc(N3c4ccc(C(C)(C)C)cc4C4(C)CCCCC34C)cc3c1B2c1cccc2c4oc5ccccc5c4n-3c12. The van der Waals surface area contributed by atoms with E-state index in [1.54, 1.807) is 0 Å². The molecule has 0 N–H and O–H groups in total. The second kappa shape index (κ2) is 15.7. The van der Waals surface area contributed by atoms with Crippen molar-refractivity contribution in [3.63, 3.8) is 0 Å². The fourth-order valence-corrected chi connectivity index (χ4v) is 17.5. The van der Waals surface area contributed by atoms with Crippen molar-refractivity contribution in [3.8, 4) is 5.69 Å². The molecule has 81 heavy (non-hydrogen) atoms. The van der Waals surface area contributed by atoms with Crippen LogP contribution in [0.1, 0.15) is 143 Å².